The first-order valence-corrected chi connectivity index (χ1v) is 11.1. The summed E-state index contributed by atoms with van der Waals surface area (Å²) in [6, 6.07) is 16.0. The van der Waals surface area contributed by atoms with Gasteiger partial charge < -0.3 is 10.2 Å². The molecule has 0 aliphatic carbocycles. The summed E-state index contributed by atoms with van der Waals surface area (Å²) in [6.45, 7) is 6.35. The number of nitrogens with zero attached hydrogens (tertiary/aromatic N) is 3. The molecule has 1 aliphatic rings. The highest BCUT2D eigenvalue weighted by atomic mass is 16.1. The van der Waals surface area contributed by atoms with Crippen LogP contribution in [0.5, 0.6) is 0 Å². The number of fused-ring (bicyclic) bond motifs is 1. The van der Waals surface area contributed by atoms with Crippen LogP contribution in [-0.2, 0) is 11.3 Å². The van der Waals surface area contributed by atoms with Crippen LogP contribution >= 0.6 is 0 Å². The average Bonchev–Trinajstić information content (AvgIpc) is 3.24. The van der Waals surface area contributed by atoms with Crippen molar-refractivity contribution < 1.29 is 4.79 Å². The van der Waals surface area contributed by atoms with Crippen LogP contribution in [0.4, 0.5) is 0 Å². The number of aromatic nitrogens is 2. The first-order chi connectivity index (χ1) is 15.1. The molecule has 0 unspecified atom stereocenters. The fourth-order valence-corrected chi connectivity index (χ4v) is 4.45. The van der Waals surface area contributed by atoms with E-state index in [0.29, 0.717) is 42.8 Å². The van der Waals surface area contributed by atoms with Crippen LogP contribution in [-0.4, -0.2) is 46.5 Å². The topological polar surface area (TPSA) is 67.2 Å². The van der Waals surface area contributed by atoms with E-state index in [1.807, 2.05) is 18.2 Å². The molecule has 1 amide bonds. The van der Waals surface area contributed by atoms with Crippen molar-refractivity contribution in [1.82, 2.24) is 19.8 Å². The molecule has 1 aromatic heterocycles. The van der Waals surface area contributed by atoms with Crippen LogP contribution < -0.4 is 10.9 Å². The molecule has 1 atom stereocenters. The summed E-state index contributed by atoms with van der Waals surface area (Å²) < 4.78 is 1.59. The van der Waals surface area contributed by atoms with Crippen LogP contribution in [0.3, 0.4) is 0 Å². The standard InChI is InChI=1S/C25H30N4O2/c1-19-7-2-3-8-21(19)20-12-15-28(17-20)16-13-26-24(30)11-6-14-29-18-27-23-10-5-4-9-22(23)25(29)31/h2-5,7-10,18,20H,6,11-17H2,1H3,(H,26,30)/t20-/m1/s1. The van der Waals surface area contributed by atoms with Crippen molar-refractivity contribution in [3.05, 3.63) is 76.3 Å². The molecule has 4 rings (SSSR count). The summed E-state index contributed by atoms with van der Waals surface area (Å²) in [4.78, 5) is 31.4. The number of rotatable bonds is 8. The molecule has 162 valence electrons. The molecule has 0 saturated carbocycles. The number of amides is 1. The lowest BCUT2D eigenvalue weighted by molar-refractivity contribution is -0.121. The monoisotopic (exact) mass is 418 g/mol. The van der Waals surface area contributed by atoms with Gasteiger partial charge in [-0.2, -0.15) is 0 Å². The van der Waals surface area contributed by atoms with E-state index in [4.69, 9.17) is 0 Å². The molecule has 6 nitrogen and oxygen atoms in total. The Morgan fingerprint density at radius 3 is 2.81 bits per heavy atom. The van der Waals surface area contributed by atoms with Gasteiger partial charge in [0.1, 0.15) is 0 Å². The second-order valence-electron chi connectivity index (χ2n) is 8.36. The van der Waals surface area contributed by atoms with E-state index in [1.165, 1.54) is 17.5 Å². The third kappa shape index (κ3) is 5.20. The fraction of sp³-hybridized carbons (Fsp3) is 0.400. The SMILES string of the molecule is Cc1ccccc1[C@@H]1CCN(CCNC(=O)CCCn2cnc3ccccc3c2=O)C1. The van der Waals surface area contributed by atoms with Gasteiger partial charge in [-0.15, -0.1) is 0 Å². The molecule has 3 aromatic rings. The zero-order chi connectivity index (χ0) is 21.6. The highest BCUT2D eigenvalue weighted by Crippen LogP contribution is 2.28. The first-order valence-electron chi connectivity index (χ1n) is 11.1. The molecular weight excluding hydrogens is 388 g/mol. The third-order valence-electron chi connectivity index (χ3n) is 6.19. The number of benzene rings is 2. The predicted octanol–water partition coefficient (Wildman–Crippen LogP) is 3.09. The Bertz CT molecular complexity index is 1110. The minimum atomic E-state index is -0.0525. The molecule has 31 heavy (non-hydrogen) atoms. The van der Waals surface area contributed by atoms with Crippen molar-refractivity contribution >= 4 is 16.8 Å². The number of aryl methyl sites for hydroxylation is 2. The average molecular weight is 419 g/mol. The van der Waals surface area contributed by atoms with Gasteiger partial charge in [0.05, 0.1) is 17.2 Å². The molecule has 0 bridgehead atoms. The third-order valence-corrected chi connectivity index (χ3v) is 6.19. The molecule has 1 aliphatic heterocycles. The van der Waals surface area contributed by atoms with Gasteiger partial charge in [0, 0.05) is 32.6 Å². The Morgan fingerprint density at radius 1 is 1.13 bits per heavy atom. The van der Waals surface area contributed by atoms with E-state index in [-0.39, 0.29) is 11.5 Å². The number of hydrogen-bond donors (Lipinski definition) is 1. The van der Waals surface area contributed by atoms with Gasteiger partial charge in [-0.3, -0.25) is 14.2 Å². The number of carbonyl (C=O) groups excluding carboxylic acids is 1. The molecule has 0 spiro atoms. The quantitative estimate of drug-likeness (QED) is 0.610. The molecule has 0 radical (unpaired) electrons. The lowest BCUT2D eigenvalue weighted by Gasteiger charge is -2.17. The lowest BCUT2D eigenvalue weighted by atomic mass is 9.94. The maximum Gasteiger partial charge on any atom is 0.261 e. The van der Waals surface area contributed by atoms with Gasteiger partial charge in [0.15, 0.2) is 0 Å². The Morgan fingerprint density at radius 2 is 1.94 bits per heavy atom. The smallest absolute Gasteiger partial charge is 0.261 e. The number of hydrogen-bond acceptors (Lipinski definition) is 4. The van der Waals surface area contributed by atoms with E-state index in [0.717, 1.165) is 19.6 Å². The summed E-state index contributed by atoms with van der Waals surface area (Å²) in [5.74, 6) is 0.627. The number of likely N-dealkylation sites (tertiary alicyclic amines) is 1. The number of para-hydroxylation sites is 1. The lowest BCUT2D eigenvalue weighted by Crippen LogP contribution is -2.34. The van der Waals surface area contributed by atoms with Gasteiger partial charge in [-0.1, -0.05) is 36.4 Å². The van der Waals surface area contributed by atoms with Crippen LogP contribution in [0.1, 0.15) is 36.3 Å². The van der Waals surface area contributed by atoms with Crippen LogP contribution in [0.25, 0.3) is 10.9 Å². The Kier molecular flexibility index (Phi) is 6.77. The van der Waals surface area contributed by atoms with Crippen molar-refractivity contribution in [1.29, 1.82) is 0 Å². The summed E-state index contributed by atoms with van der Waals surface area (Å²) in [7, 11) is 0. The van der Waals surface area contributed by atoms with Gasteiger partial charge in [0.2, 0.25) is 5.91 Å². The summed E-state index contributed by atoms with van der Waals surface area (Å²) in [5.41, 5.74) is 3.46. The zero-order valence-electron chi connectivity index (χ0n) is 18.1. The van der Waals surface area contributed by atoms with E-state index in [2.05, 4.69) is 46.4 Å². The van der Waals surface area contributed by atoms with E-state index < -0.39 is 0 Å². The minimum Gasteiger partial charge on any atom is -0.355 e. The largest absolute Gasteiger partial charge is 0.355 e. The maximum absolute atomic E-state index is 12.5. The van der Waals surface area contributed by atoms with Gasteiger partial charge >= 0.3 is 0 Å². The molecule has 2 aromatic carbocycles. The molecule has 1 fully saturated rings. The van der Waals surface area contributed by atoms with Crippen molar-refractivity contribution in [2.75, 3.05) is 26.2 Å². The van der Waals surface area contributed by atoms with Gasteiger partial charge in [0.25, 0.3) is 5.56 Å². The number of nitrogens with one attached hydrogen (secondary N) is 1. The molecule has 2 heterocycles. The molecule has 6 heteroatoms. The van der Waals surface area contributed by atoms with Crippen molar-refractivity contribution in [2.24, 2.45) is 0 Å². The Labute approximate surface area is 182 Å². The highest BCUT2D eigenvalue weighted by Gasteiger charge is 2.24. The summed E-state index contributed by atoms with van der Waals surface area (Å²) >= 11 is 0. The zero-order valence-corrected chi connectivity index (χ0v) is 18.1. The number of carbonyl (C=O) groups is 1. The van der Waals surface area contributed by atoms with Gasteiger partial charge in [-0.05, 0) is 55.5 Å². The van der Waals surface area contributed by atoms with Crippen LogP contribution in [0.15, 0.2) is 59.7 Å². The second-order valence-corrected chi connectivity index (χ2v) is 8.36. The summed E-state index contributed by atoms with van der Waals surface area (Å²) in [6.07, 6.45) is 3.77. The Hall–Kier alpha value is -2.99. The molecule has 1 saturated heterocycles. The molecular formula is C25H30N4O2. The van der Waals surface area contributed by atoms with Crippen LogP contribution in [0.2, 0.25) is 0 Å². The predicted molar refractivity (Wildman–Crippen MR) is 123 cm³/mol. The van der Waals surface area contributed by atoms with Crippen molar-refractivity contribution in [3.8, 4) is 0 Å². The first kappa shape index (κ1) is 21.2. The van der Waals surface area contributed by atoms with Gasteiger partial charge in [-0.25, -0.2) is 4.98 Å². The maximum atomic E-state index is 12.5. The van der Waals surface area contributed by atoms with E-state index >= 15 is 0 Å². The van der Waals surface area contributed by atoms with Crippen LogP contribution in [0, 0.1) is 6.92 Å². The molecule has 1 N–H and O–H groups in total. The second kappa shape index (κ2) is 9.88. The normalized spacial score (nSPS) is 16.6. The highest BCUT2D eigenvalue weighted by molar-refractivity contribution is 5.77. The summed E-state index contributed by atoms with van der Waals surface area (Å²) in [5, 5.41) is 3.64. The minimum absolute atomic E-state index is 0.0384. The van der Waals surface area contributed by atoms with E-state index in [9.17, 15) is 9.59 Å². The van der Waals surface area contributed by atoms with Crippen molar-refractivity contribution in [3.63, 3.8) is 0 Å². The van der Waals surface area contributed by atoms with Crippen molar-refractivity contribution in [2.45, 2.75) is 38.6 Å². The fourth-order valence-electron chi connectivity index (χ4n) is 4.45. The Balaban J connectivity index is 1.17. The van der Waals surface area contributed by atoms with E-state index in [1.54, 1.807) is 17.0 Å².